The molecular weight excluding hydrogens is 1000 g/mol. The van der Waals surface area contributed by atoms with Gasteiger partial charge in [-0.05, 0) is 24.6 Å². The molecule has 8 N–H and O–H groups in total. The number of hydrogen-bond donors (Lipinski definition) is 7. The largest absolute Gasteiger partial charge is 0.386 e. The smallest absolute Gasteiger partial charge is 0.277 e. The van der Waals surface area contributed by atoms with Gasteiger partial charge in [0.05, 0.1) is 36.2 Å². The summed E-state index contributed by atoms with van der Waals surface area (Å²) >= 11 is 7.15. The van der Waals surface area contributed by atoms with E-state index in [0.29, 0.717) is 69.5 Å². The minimum atomic E-state index is -1.24. The summed E-state index contributed by atoms with van der Waals surface area (Å²) in [5.41, 5.74) is 8.95. The molecule has 0 aliphatic carbocycles. The number of anilines is 2. The van der Waals surface area contributed by atoms with Crippen molar-refractivity contribution in [3.05, 3.63) is 106 Å². The monoisotopic (exact) mass is 1040 g/mol. The molecule has 26 heteroatoms. The van der Waals surface area contributed by atoms with Gasteiger partial charge < -0.3 is 36.8 Å². The van der Waals surface area contributed by atoms with Crippen molar-refractivity contribution in [1.29, 1.82) is 0 Å². The van der Waals surface area contributed by atoms with E-state index in [1.54, 1.807) is 59.5 Å². The van der Waals surface area contributed by atoms with Gasteiger partial charge in [0.2, 0.25) is 11.8 Å². The molecule has 352 valence electrons. The summed E-state index contributed by atoms with van der Waals surface area (Å²) in [6.07, 6.45) is -1.44. The molecule has 0 spiro atoms. The van der Waals surface area contributed by atoms with Gasteiger partial charge in [-0.3, -0.25) is 29.3 Å². The summed E-state index contributed by atoms with van der Waals surface area (Å²) in [6, 6.07) is 10.4. The zero-order valence-corrected chi connectivity index (χ0v) is 41.2. The van der Waals surface area contributed by atoms with Crippen molar-refractivity contribution in [2.24, 2.45) is 0 Å². The highest BCUT2D eigenvalue weighted by Gasteiger charge is 2.31. The number of benzene rings is 1. The van der Waals surface area contributed by atoms with Crippen LogP contribution in [0.5, 0.6) is 0 Å². The number of nitrogens with zero attached hydrogens (tertiary/aromatic N) is 7. The molecule has 0 unspecified atom stereocenters. The number of aliphatic hydroxyl groups is 1. The van der Waals surface area contributed by atoms with Crippen molar-refractivity contribution in [2.45, 2.75) is 38.1 Å². The molecule has 69 heavy (non-hydrogen) atoms. The Morgan fingerprint density at radius 1 is 0.768 bits per heavy atom. The maximum absolute atomic E-state index is 14.0. The number of rotatable bonds is 7. The number of methoxy groups -OCH3 is 1. The van der Waals surface area contributed by atoms with Crippen molar-refractivity contribution in [3.63, 3.8) is 0 Å². The van der Waals surface area contributed by atoms with Crippen molar-refractivity contribution < 1.29 is 33.8 Å². The van der Waals surface area contributed by atoms with Gasteiger partial charge in [-0.2, -0.15) is 0 Å². The lowest BCUT2D eigenvalue weighted by atomic mass is 10.0. The van der Waals surface area contributed by atoms with Gasteiger partial charge in [0.15, 0.2) is 5.13 Å². The molecule has 10 bridgehead atoms. The lowest BCUT2D eigenvalue weighted by Gasteiger charge is -2.23. The van der Waals surface area contributed by atoms with E-state index in [4.69, 9.17) is 30.4 Å². The standard InChI is InChI=1S/C43H37N13O7S6/c1-18-30-37(62)56-43-55-32(26(69-43)13-63-3)36(61)46-12-29(58)53-33(34(59)19-7-5-4-6-8-19)42-51-25(16-66-42)40-49-23(14-65-40)31-20(9-10-21(47-31)39-52-27(44)17-67-39)38-50-24(15-64-38)35(60)48-22(11-28(57)45-2)41(54-30)68-18/h4-10,14-17,22,33-34,59H,11-13,44H2,1-3H3,(H,45,57)(H,46,61)(H,48,60)(H,53,58)(H,55,56,62)/t22-,33-,34-/m0/s1. The number of aliphatic hydroxyl groups excluding tert-OH is 1. The summed E-state index contributed by atoms with van der Waals surface area (Å²) in [5.74, 6) is -2.64. The number of aromatic nitrogens is 7. The number of nitrogen functional groups attached to an aromatic ring is 1. The summed E-state index contributed by atoms with van der Waals surface area (Å²) in [6.45, 7) is 1.13. The number of aryl methyl sites for hydroxylation is 1. The second-order valence-electron chi connectivity index (χ2n) is 14.9. The predicted octanol–water partition coefficient (Wildman–Crippen LogP) is 6.02. The number of nitrogens with one attached hydrogen (secondary N) is 5. The molecule has 1 aliphatic rings. The molecule has 7 aromatic heterocycles. The van der Waals surface area contributed by atoms with Gasteiger partial charge >= 0.3 is 0 Å². The Morgan fingerprint density at radius 2 is 1.51 bits per heavy atom. The maximum atomic E-state index is 14.0. The molecule has 3 atom stereocenters. The van der Waals surface area contributed by atoms with Crippen LogP contribution in [-0.4, -0.2) is 90.2 Å². The van der Waals surface area contributed by atoms with Crippen molar-refractivity contribution in [1.82, 2.24) is 56.2 Å². The lowest BCUT2D eigenvalue weighted by molar-refractivity contribution is -0.122. The topological polar surface area (TPSA) is 291 Å². The van der Waals surface area contributed by atoms with E-state index in [-0.39, 0.29) is 46.2 Å². The van der Waals surface area contributed by atoms with E-state index in [1.807, 2.05) is 11.4 Å². The molecule has 5 amide bonds. The third-order valence-corrected chi connectivity index (χ3v) is 15.8. The first-order chi connectivity index (χ1) is 33.3. The number of carbonyl (C=O) groups is 5. The van der Waals surface area contributed by atoms with Crippen LogP contribution < -0.4 is 32.3 Å². The Hall–Kier alpha value is -6.78. The number of amides is 5. The van der Waals surface area contributed by atoms with E-state index < -0.39 is 48.4 Å². The average molecular weight is 1040 g/mol. The van der Waals surface area contributed by atoms with Gasteiger partial charge in [0.25, 0.3) is 17.7 Å². The minimum Gasteiger partial charge on any atom is -0.386 e. The molecule has 1 aromatic carbocycles. The second kappa shape index (κ2) is 20.4. The third-order valence-electron chi connectivity index (χ3n) is 10.2. The Morgan fingerprint density at radius 3 is 2.28 bits per heavy atom. The van der Waals surface area contributed by atoms with Crippen molar-refractivity contribution >= 4 is 109 Å². The van der Waals surface area contributed by atoms with Crippen molar-refractivity contribution in [2.75, 3.05) is 31.8 Å². The summed E-state index contributed by atoms with van der Waals surface area (Å²) < 4.78 is 5.32. The lowest BCUT2D eigenvalue weighted by Crippen LogP contribution is -2.40. The molecule has 0 radical (unpaired) electrons. The summed E-state index contributed by atoms with van der Waals surface area (Å²) in [5, 5.41) is 34.5. The van der Waals surface area contributed by atoms with Crippen molar-refractivity contribution in [3.8, 4) is 43.4 Å². The Balaban J connectivity index is 1.13. The first kappa shape index (κ1) is 47.3. The number of hydrogen-bond acceptors (Lipinski definition) is 21. The Kier molecular flexibility index (Phi) is 14.0. The number of nitrogens with two attached hydrogens (primary N) is 1. The van der Waals surface area contributed by atoms with Gasteiger partial charge in [0.1, 0.15) is 77.2 Å². The molecule has 8 heterocycles. The molecule has 20 nitrogen and oxygen atoms in total. The summed E-state index contributed by atoms with van der Waals surface area (Å²) in [4.78, 5) is 102. The fraction of sp³-hybridized carbons (Fsp3) is 0.209. The first-order valence-corrected chi connectivity index (χ1v) is 25.7. The summed E-state index contributed by atoms with van der Waals surface area (Å²) in [7, 11) is 2.91. The zero-order valence-electron chi connectivity index (χ0n) is 36.3. The highest BCUT2D eigenvalue weighted by molar-refractivity contribution is 7.16. The number of fused-ring (bicyclic) bond motifs is 14. The van der Waals surface area contributed by atoms with Crippen LogP contribution in [0.15, 0.2) is 64.0 Å². The number of carbonyl (C=O) groups excluding carboxylic acids is 5. The molecule has 0 saturated carbocycles. The van der Waals surface area contributed by atoms with Crippen LogP contribution in [-0.2, 0) is 20.9 Å². The van der Waals surface area contributed by atoms with Crippen LogP contribution in [0.2, 0.25) is 0 Å². The number of thiazole rings is 6. The fourth-order valence-corrected chi connectivity index (χ4v) is 12.1. The zero-order chi connectivity index (χ0) is 48.3. The van der Waals surface area contributed by atoms with Gasteiger partial charge in [0, 0.05) is 46.1 Å². The predicted molar refractivity (Wildman–Crippen MR) is 264 cm³/mol. The highest BCUT2D eigenvalue weighted by atomic mass is 32.1. The fourth-order valence-electron chi connectivity index (χ4n) is 6.93. The molecule has 0 saturated heterocycles. The second-order valence-corrected chi connectivity index (χ2v) is 20.7. The Bertz CT molecular complexity index is 3230. The van der Waals surface area contributed by atoms with Gasteiger partial charge in [-0.25, -0.2) is 34.9 Å². The average Bonchev–Trinajstić information content (AvgIpc) is 4.22. The molecule has 0 fully saturated rings. The van der Waals surface area contributed by atoms with E-state index in [9.17, 15) is 29.1 Å². The third kappa shape index (κ3) is 10.3. The minimum absolute atomic E-state index is 0.00938. The Labute approximate surface area is 415 Å². The number of pyridine rings is 1. The van der Waals surface area contributed by atoms with E-state index in [0.717, 1.165) is 22.7 Å². The van der Waals surface area contributed by atoms with Crippen LogP contribution in [0.3, 0.4) is 0 Å². The van der Waals surface area contributed by atoms with Gasteiger partial charge in [-0.15, -0.1) is 56.7 Å². The molecular formula is C43H37N13O7S6. The van der Waals surface area contributed by atoms with Crippen LogP contribution in [0, 0.1) is 6.92 Å². The van der Waals surface area contributed by atoms with Gasteiger partial charge in [-0.1, -0.05) is 41.7 Å². The molecule has 9 rings (SSSR count). The maximum Gasteiger partial charge on any atom is 0.277 e. The van der Waals surface area contributed by atoms with E-state index in [2.05, 4.69) is 41.5 Å². The SMILES string of the molecule is CNC(=O)C[C@@H]1NC(=O)c2csc(n2)-c2ccc(-c3nc(N)cs3)nc2-c2csc(n2)-c2csc(n2)[C@H]([C@@H](O)c2ccccc2)NC(=O)CNC(=O)c2nc(sc2COC)NC(=O)c2nc1sc2C. The molecule has 1 aliphatic heterocycles. The van der Waals surface area contributed by atoms with Crippen LogP contribution in [0.1, 0.15) is 81.4 Å². The first-order valence-electron chi connectivity index (χ1n) is 20.5. The number of ether oxygens (including phenoxy) is 1. The molecule has 8 aromatic rings. The van der Waals surface area contributed by atoms with Crippen LogP contribution >= 0.6 is 68.0 Å². The quantitative estimate of drug-likeness (QED) is 0.0961. The van der Waals surface area contributed by atoms with Crippen LogP contribution in [0.25, 0.3) is 43.4 Å². The van der Waals surface area contributed by atoms with E-state index >= 15 is 0 Å². The normalized spacial score (nSPS) is 16.0. The van der Waals surface area contributed by atoms with Crippen LogP contribution in [0.4, 0.5) is 10.9 Å². The van der Waals surface area contributed by atoms with E-state index in [1.165, 1.54) is 59.5 Å². The highest BCUT2D eigenvalue weighted by Crippen LogP contribution is 2.39.